The van der Waals surface area contributed by atoms with Gasteiger partial charge in [0.1, 0.15) is 11.2 Å². The monoisotopic (exact) mass is 608 g/mol. The number of benzene rings is 7. The quantitative estimate of drug-likeness (QED) is 0.194. The van der Waals surface area contributed by atoms with Crippen molar-refractivity contribution < 1.29 is 4.42 Å². The SMILES string of the molecule is c1cc(-c2ccc3c(c2)oc2ccccc23)cc(-c2ccc3sc4ccc(-c5ccc6sc7ccccc7c6c5)cc4c3c2)c1. The predicted molar refractivity (Wildman–Crippen MR) is 196 cm³/mol. The first-order valence-corrected chi connectivity index (χ1v) is 16.8. The molecule has 0 N–H and O–H groups in total. The highest BCUT2D eigenvalue weighted by atomic mass is 32.1. The highest BCUT2D eigenvalue weighted by molar-refractivity contribution is 7.26. The van der Waals surface area contributed by atoms with Gasteiger partial charge >= 0.3 is 0 Å². The Hall–Kier alpha value is -5.22. The number of para-hydroxylation sites is 1. The molecule has 0 aliphatic rings. The summed E-state index contributed by atoms with van der Waals surface area (Å²) in [5.74, 6) is 0. The fraction of sp³-hybridized carbons (Fsp3) is 0. The van der Waals surface area contributed by atoms with Gasteiger partial charge in [0.05, 0.1) is 0 Å². The highest BCUT2D eigenvalue weighted by Gasteiger charge is 2.12. The van der Waals surface area contributed by atoms with Crippen molar-refractivity contribution in [2.45, 2.75) is 0 Å². The fourth-order valence-electron chi connectivity index (χ4n) is 6.83. The topological polar surface area (TPSA) is 13.1 Å². The van der Waals surface area contributed by atoms with Crippen LogP contribution in [0.25, 0.3) is 95.7 Å². The highest BCUT2D eigenvalue weighted by Crippen LogP contribution is 2.41. The summed E-state index contributed by atoms with van der Waals surface area (Å²) in [5.41, 5.74) is 9.15. The third-order valence-corrected chi connectivity index (χ3v) is 11.4. The van der Waals surface area contributed by atoms with Gasteiger partial charge in [-0.05, 0) is 100 Å². The third kappa shape index (κ3) is 3.98. The standard InChI is InChI=1S/C42H24OS2/c1-3-10-37-31(8-1)32-16-12-30(24-38(32)43-37)26-7-5-6-25(20-26)27-13-18-41-35(22-27)36-23-29(15-19-42(36)45-41)28-14-17-40-34(21-28)33-9-2-4-11-39(33)44-40/h1-24H. The minimum atomic E-state index is 0.924. The second-order valence-corrected chi connectivity index (χ2v) is 13.9. The van der Waals surface area contributed by atoms with E-state index in [1.807, 2.05) is 34.8 Å². The molecule has 0 unspecified atom stereocenters. The second-order valence-electron chi connectivity index (χ2n) is 11.7. The molecule has 45 heavy (non-hydrogen) atoms. The molecule has 3 heterocycles. The maximum absolute atomic E-state index is 6.19. The van der Waals surface area contributed by atoms with Crippen LogP contribution in [0.15, 0.2) is 150 Å². The molecule has 0 radical (unpaired) electrons. The normalized spacial score (nSPS) is 12.0. The van der Waals surface area contributed by atoms with Crippen LogP contribution in [0, 0.1) is 0 Å². The van der Waals surface area contributed by atoms with Crippen LogP contribution in [-0.4, -0.2) is 0 Å². The molecule has 0 amide bonds. The summed E-state index contributed by atoms with van der Waals surface area (Å²) in [4.78, 5) is 0. The smallest absolute Gasteiger partial charge is 0.136 e. The van der Waals surface area contributed by atoms with E-state index >= 15 is 0 Å². The van der Waals surface area contributed by atoms with E-state index in [9.17, 15) is 0 Å². The first kappa shape index (κ1) is 25.1. The Morgan fingerprint density at radius 1 is 0.289 bits per heavy atom. The van der Waals surface area contributed by atoms with E-state index in [4.69, 9.17) is 4.42 Å². The Labute approximate surface area is 267 Å². The predicted octanol–water partition coefficient (Wildman–Crippen LogP) is 13.3. The van der Waals surface area contributed by atoms with Crippen LogP contribution in [-0.2, 0) is 0 Å². The van der Waals surface area contributed by atoms with Gasteiger partial charge in [-0.25, -0.2) is 0 Å². The lowest BCUT2D eigenvalue weighted by Gasteiger charge is -2.07. The summed E-state index contributed by atoms with van der Waals surface area (Å²) in [6, 6.07) is 53.1. The molecule has 0 saturated heterocycles. The molecule has 210 valence electrons. The van der Waals surface area contributed by atoms with Gasteiger partial charge in [-0.3, -0.25) is 0 Å². The van der Waals surface area contributed by atoms with Gasteiger partial charge in [0.2, 0.25) is 0 Å². The van der Waals surface area contributed by atoms with E-state index < -0.39 is 0 Å². The average Bonchev–Trinajstić information content (AvgIpc) is 3.78. The third-order valence-electron chi connectivity index (χ3n) is 9.09. The zero-order valence-corrected chi connectivity index (χ0v) is 25.7. The minimum absolute atomic E-state index is 0.924. The Bertz CT molecular complexity index is 2770. The van der Waals surface area contributed by atoms with Crippen molar-refractivity contribution in [3.05, 3.63) is 146 Å². The molecule has 0 aliphatic carbocycles. The van der Waals surface area contributed by atoms with Crippen LogP contribution in [0.5, 0.6) is 0 Å². The maximum atomic E-state index is 6.19. The summed E-state index contributed by atoms with van der Waals surface area (Å²) in [5, 5.41) is 7.62. The van der Waals surface area contributed by atoms with E-state index in [0.717, 1.165) is 27.5 Å². The van der Waals surface area contributed by atoms with Crippen molar-refractivity contribution in [1.29, 1.82) is 0 Å². The first-order chi connectivity index (χ1) is 22.2. The van der Waals surface area contributed by atoms with E-state index in [0.29, 0.717) is 0 Å². The number of rotatable bonds is 3. The molecule has 0 atom stereocenters. The van der Waals surface area contributed by atoms with E-state index in [-0.39, 0.29) is 0 Å². The second kappa shape index (κ2) is 9.64. The van der Waals surface area contributed by atoms with Crippen molar-refractivity contribution in [2.75, 3.05) is 0 Å². The Morgan fingerprint density at radius 2 is 0.756 bits per heavy atom. The van der Waals surface area contributed by atoms with Crippen LogP contribution in [0.1, 0.15) is 0 Å². The molecule has 3 heteroatoms. The van der Waals surface area contributed by atoms with Crippen LogP contribution in [0.4, 0.5) is 0 Å². The maximum Gasteiger partial charge on any atom is 0.136 e. The lowest BCUT2D eigenvalue weighted by Crippen LogP contribution is -1.82. The number of thiophene rings is 2. The molecule has 3 aromatic heterocycles. The van der Waals surface area contributed by atoms with Gasteiger partial charge in [0, 0.05) is 51.1 Å². The minimum Gasteiger partial charge on any atom is -0.456 e. The zero-order chi connectivity index (χ0) is 29.5. The van der Waals surface area contributed by atoms with Gasteiger partial charge in [-0.2, -0.15) is 0 Å². The van der Waals surface area contributed by atoms with Crippen LogP contribution in [0.2, 0.25) is 0 Å². The molecule has 10 rings (SSSR count). The van der Waals surface area contributed by atoms with Crippen molar-refractivity contribution in [3.8, 4) is 33.4 Å². The molecular weight excluding hydrogens is 585 g/mol. The number of furan rings is 1. The molecule has 0 fully saturated rings. The zero-order valence-electron chi connectivity index (χ0n) is 24.1. The lowest BCUT2D eigenvalue weighted by molar-refractivity contribution is 0.669. The first-order valence-electron chi connectivity index (χ1n) is 15.2. The summed E-state index contributed by atoms with van der Waals surface area (Å²) in [6.07, 6.45) is 0. The molecule has 1 nitrogen and oxygen atoms in total. The van der Waals surface area contributed by atoms with Crippen molar-refractivity contribution >= 4 is 85.0 Å². The molecule has 7 aromatic carbocycles. The summed E-state index contributed by atoms with van der Waals surface area (Å²) in [6.45, 7) is 0. The average molecular weight is 609 g/mol. The number of hydrogen-bond acceptors (Lipinski definition) is 3. The number of fused-ring (bicyclic) bond motifs is 9. The summed E-state index contributed by atoms with van der Waals surface area (Å²) in [7, 11) is 0. The molecule has 0 aliphatic heterocycles. The van der Waals surface area contributed by atoms with E-state index in [1.54, 1.807) is 0 Å². The van der Waals surface area contributed by atoms with Gasteiger partial charge in [-0.15, -0.1) is 22.7 Å². The largest absolute Gasteiger partial charge is 0.456 e. The summed E-state index contributed by atoms with van der Waals surface area (Å²) < 4.78 is 11.5. The fourth-order valence-corrected chi connectivity index (χ4v) is 8.98. The Morgan fingerprint density at radius 3 is 1.42 bits per heavy atom. The number of hydrogen-bond donors (Lipinski definition) is 0. The van der Waals surface area contributed by atoms with Crippen molar-refractivity contribution in [2.24, 2.45) is 0 Å². The van der Waals surface area contributed by atoms with E-state index in [2.05, 4.69) is 133 Å². The van der Waals surface area contributed by atoms with Crippen molar-refractivity contribution in [3.63, 3.8) is 0 Å². The Kier molecular flexibility index (Phi) is 5.39. The van der Waals surface area contributed by atoms with Gasteiger partial charge < -0.3 is 4.42 Å². The van der Waals surface area contributed by atoms with Crippen LogP contribution in [0.3, 0.4) is 0 Å². The Balaban J connectivity index is 1.06. The molecular formula is C42H24OS2. The molecule has 10 aromatic rings. The van der Waals surface area contributed by atoms with Gasteiger partial charge in [-0.1, -0.05) is 78.9 Å². The van der Waals surface area contributed by atoms with Gasteiger partial charge in [0.15, 0.2) is 0 Å². The summed E-state index contributed by atoms with van der Waals surface area (Å²) >= 11 is 3.74. The lowest BCUT2D eigenvalue weighted by atomic mass is 9.97. The van der Waals surface area contributed by atoms with Crippen LogP contribution < -0.4 is 0 Å². The van der Waals surface area contributed by atoms with Gasteiger partial charge in [0.25, 0.3) is 0 Å². The van der Waals surface area contributed by atoms with Crippen LogP contribution >= 0.6 is 22.7 Å². The molecule has 0 bridgehead atoms. The molecule has 0 saturated carbocycles. The van der Waals surface area contributed by atoms with E-state index in [1.165, 1.54) is 68.2 Å². The molecule has 0 spiro atoms. The van der Waals surface area contributed by atoms with Crippen molar-refractivity contribution in [1.82, 2.24) is 0 Å².